The third-order valence-corrected chi connectivity index (χ3v) is 3.57. The molecule has 2 aromatic carbocycles. The fourth-order valence-corrected chi connectivity index (χ4v) is 2.30. The van der Waals surface area contributed by atoms with Gasteiger partial charge in [0.05, 0.1) is 5.57 Å². The standard InChI is InChI=1S/C20H15NO3/c1-14-2-6-16(7-3-14)19-13-17(20(22)24-19)12-15-4-8-18(9-5-15)23-11-10-21/h2-9,12-13H,11H2,1H3. The summed E-state index contributed by atoms with van der Waals surface area (Å²) >= 11 is 0. The first-order valence-corrected chi connectivity index (χ1v) is 7.48. The molecule has 0 amide bonds. The van der Waals surface area contributed by atoms with Crippen LogP contribution in [0.2, 0.25) is 0 Å². The molecule has 0 radical (unpaired) electrons. The van der Waals surface area contributed by atoms with Gasteiger partial charge in [-0.1, -0.05) is 42.0 Å². The number of rotatable bonds is 4. The van der Waals surface area contributed by atoms with E-state index in [1.54, 1.807) is 24.3 Å². The Hall–Kier alpha value is -3.32. The SMILES string of the molecule is Cc1ccc(C2=CC(=Cc3ccc(OCC#N)cc3)C(=O)O2)cc1. The van der Waals surface area contributed by atoms with E-state index >= 15 is 0 Å². The van der Waals surface area contributed by atoms with Gasteiger partial charge >= 0.3 is 5.97 Å². The van der Waals surface area contributed by atoms with Crippen LogP contribution in [-0.2, 0) is 9.53 Å². The van der Waals surface area contributed by atoms with E-state index < -0.39 is 0 Å². The molecule has 4 heteroatoms. The smallest absolute Gasteiger partial charge is 0.343 e. The molecule has 0 aliphatic carbocycles. The highest BCUT2D eigenvalue weighted by Gasteiger charge is 2.21. The third kappa shape index (κ3) is 3.53. The van der Waals surface area contributed by atoms with Crippen molar-refractivity contribution < 1.29 is 14.3 Å². The van der Waals surface area contributed by atoms with Crippen LogP contribution in [0.25, 0.3) is 11.8 Å². The molecule has 0 spiro atoms. The van der Waals surface area contributed by atoms with Crippen molar-refractivity contribution in [3.05, 3.63) is 76.9 Å². The Morgan fingerprint density at radius 1 is 1.12 bits per heavy atom. The zero-order chi connectivity index (χ0) is 16.9. The lowest BCUT2D eigenvalue weighted by molar-refractivity contribution is -0.130. The molecule has 0 saturated heterocycles. The Balaban J connectivity index is 1.80. The number of hydrogen-bond acceptors (Lipinski definition) is 4. The minimum absolute atomic E-state index is 0.00933. The van der Waals surface area contributed by atoms with Crippen molar-refractivity contribution >= 4 is 17.8 Å². The van der Waals surface area contributed by atoms with Crippen LogP contribution in [0.5, 0.6) is 5.75 Å². The van der Waals surface area contributed by atoms with Crippen LogP contribution >= 0.6 is 0 Å². The zero-order valence-corrected chi connectivity index (χ0v) is 13.2. The van der Waals surface area contributed by atoms with Crippen LogP contribution in [0.1, 0.15) is 16.7 Å². The lowest BCUT2D eigenvalue weighted by Crippen LogP contribution is -1.97. The molecule has 0 saturated carbocycles. The summed E-state index contributed by atoms with van der Waals surface area (Å²) in [5.41, 5.74) is 3.37. The second kappa shape index (κ2) is 6.84. The van der Waals surface area contributed by atoms with E-state index in [2.05, 4.69) is 0 Å². The summed E-state index contributed by atoms with van der Waals surface area (Å²) in [6.45, 7) is 2.02. The summed E-state index contributed by atoms with van der Waals surface area (Å²) in [6.07, 6.45) is 3.50. The fourth-order valence-electron chi connectivity index (χ4n) is 2.30. The number of esters is 1. The van der Waals surface area contributed by atoms with Gasteiger partial charge in [-0.15, -0.1) is 0 Å². The predicted molar refractivity (Wildman–Crippen MR) is 90.8 cm³/mol. The predicted octanol–water partition coefficient (Wildman–Crippen LogP) is 3.88. The minimum atomic E-state index is -0.365. The van der Waals surface area contributed by atoms with Crippen LogP contribution < -0.4 is 4.74 Å². The lowest BCUT2D eigenvalue weighted by Gasteiger charge is -2.02. The zero-order valence-electron chi connectivity index (χ0n) is 13.2. The molecule has 1 aliphatic heterocycles. The molecule has 0 N–H and O–H groups in total. The molecule has 1 heterocycles. The van der Waals surface area contributed by atoms with Crippen LogP contribution in [-0.4, -0.2) is 12.6 Å². The van der Waals surface area contributed by atoms with Crippen molar-refractivity contribution in [2.45, 2.75) is 6.92 Å². The first kappa shape index (κ1) is 15.6. The van der Waals surface area contributed by atoms with Gasteiger partial charge in [0, 0.05) is 5.56 Å². The number of cyclic esters (lactones) is 1. The van der Waals surface area contributed by atoms with E-state index in [0.29, 0.717) is 17.1 Å². The van der Waals surface area contributed by atoms with Gasteiger partial charge in [-0.05, 0) is 36.8 Å². The van der Waals surface area contributed by atoms with Gasteiger partial charge in [-0.25, -0.2) is 4.79 Å². The number of hydrogen-bond donors (Lipinski definition) is 0. The van der Waals surface area contributed by atoms with Crippen molar-refractivity contribution in [3.8, 4) is 11.8 Å². The largest absolute Gasteiger partial charge is 0.479 e. The van der Waals surface area contributed by atoms with Gasteiger partial charge in [-0.2, -0.15) is 5.26 Å². The molecule has 0 unspecified atom stereocenters. The number of benzene rings is 2. The van der Waals surface area contributed by atoms with Crippen LogP contribution in [0.4, 0.5) is 0 Å². The Labute approximate surface area is 140 Å². The summed E-state index contributed by atoms with van der Waals surface area (Å²) in [4.78, 5) is 12.0. The Kier molecular flexibility index (Phi) is 4.44. The summed E-state index contributed by atoms with van der Waals surface area (Å²) in [5.74, 6) is 0.805. The normalized spacial score (nSPS) is 14.9. The number of aryl methyl sites for hydroxylation is 1. The van der Waals surface area contributed by atoms with Crippen LogP contribution in [0.15, 0.2) is 60.2 Å². The molecule has 3 rings (SSSR count). The van der Waals surface area contributed by atoms with Crippen molar-refractivity contribution in [3.63, 3.8) is 0 Å². The van der Waals surface area contributed by atoms with Crippen molar-refractivity contribution in [2.24, 2.45) is 0 Å². The molecule has 2 aromatic rings. The average Bonchev–Trinajstić information content (AvgIpc) is 2.95. The van der Waals surface area contributed by atoms with Gasteiger partial charge in [0.25, 0.3) is 0 Å². The maximum Gasteiger partial charge on any atom is 0.343 e. The third-order valence-electron chi connectivity index (χ3n) is 3.57. The second-order valence-electron chi connectivity index (χ2n) is 5.38. The quantitative estimate of drug-likeness (QED) is 0.634. The summed E-state index contributed by atoms with van der Waals surface area (Å²) in [6, 6.07) is 16.9. The molecule has 118 valence electrons. The molecular formula is C20H15NO3. The first-order valence-electron chi connectivity index (χ1n) is 7.48. The molecule has 0 bridgehead atoms. The lowest BCUT2D eigenvalue weighted by atomic mass is 10.1. The van der Waals surface area contributed by atoms with E-state index in [0.717, 1.165) is 16.7 Å². The fraction of sp³-hybridized carbons (Fsp3) is 0.100. The molecule has 24 heavy (non-hydrogen) atoms. The summed E-state index contributed by atoms with van der Waals surface area (Å²) in [5, 5.41) is 8.49. The highest BCUT2D eigenvalue weighted by molar-refractivity contribution is 6.05. The molecular weight excluding hydrogens is 302 g/mol. The molecule has 0 aromatic heterocycles. The van der Waals surface area contributed by atoms with E-state index in [1.807, 2.05) is 49.4 Å². The first-order chi connectivity index (χ1) is 11.7. The van der Waals surface area contributed by atoms with Gasteiger partial charge in [0.1, 0.15) is 17.6 Å². The highest BCUT2D eigenvalue weighted by atomic mass is 16.5. The van der Waals surface area contributed by atoms with E-state index in [9.17, 15) is 4.79 Å². The van der Waals surface area contributed by atoms with Crippen molar-refractivity contribution in [2.75, 3.05) is 6.61 Å². The highest BCUT2D eigenvalue weighted by Crippen LogP contribution is 2.27. The molecule has 0 atom stereocenters. The minimum Gasteiger partial charge on any atom is -0.479 e. The maximum absolute atomic E-state index is 12.0. The van der Waals surface area contributed by atoms with Gasteiger partial charge < -0.3 is 9.47 Å². The van der Waals surface area contributed by atoms with E-state index in [-0.39, 0.29) is 12.6 Å². The molecule has 1 aliphatic rings. The monoisotopic (exact) mass is 317 g/mol. The van der Waals surface area contributed by atoms with Crippen molar-refractivity contribution in [1.82, 2.24) is 0 Å². The Morgan fingerprint density at radius 3 is 2.50 bits per heavy atom. The van der Waals surface area contributed by atoms with E-state index in [4.69, 9.17) is 14.7 Å². The number of nitriles is 1. The number of nitrogens with zero attached hydrogens (tertiary/aromatic N) is 1. The van der Waals surface area contributed by atoms with Gasteiger partial charge in [-0.3, -0.25) is 0 Å². The number of ether oxygens (including phenoxy) is 2. The molecule has 4 nitrogen and oxygen atoms in total. The summed E-state index contributed by atoms with van der Waals surface area (Å²) < 4.78 is 10.5. The maximum atomic E-state index is 12.0. The van der Waals surface area contributed by atoms with Crippen LogP contribution in [0, 0.1) is 18.3 Å². The second-order valence-corrected chi connectivity index (χ2v) is 5.38. The Bertz CT molecular complexity index is 853. The molecule has 0 fully saturated rings. The van der Waals surface area contributed by atoms with Gasteiger partial charge in [0.15, 0.2) is 6.61 Å². The van der Waals surface area contributed by atoms with Crippen LogP contribution in [0.3, 0.4) is 0 Å². The number of carbonyl (C=O) groups excluding carboxylic acids is 1. The van der Waals surface area contributed by atoms with E-state index in [1.165, 1.54) is 0 Å². The topological polar surface area (TPSA) is 59.3 Å². The van der Waals surface area contributed by atoms with Crippen molar-refractivity contribution in [1.29, 1.82) is 5.26 Å². The Morgan fingerprint density at radius 2 is 1.83 bits per heavy atom. The number of carbonyl (C=O) groups is 1. The van der Waals surface area contributed by atoms with Gasteiger partial charge in [0.2, 0.25) is 0 Å². The average molecular weight is 317 g/mol. The summed E-state index contributed by atoms with van der Waals surface area (Å²) in [7, 11) is 0.